The maximum atomic E-state index is 12.6. The lowest BCUT2D eigenvalue weighted by Crippen LogP contribution is -2.29. The van der Waals surface area contributed by atoms with Gasteiger partial charge in [0.2, 0.25) is 6.43 Å². The van der Waals surface area contributed by atoms with Gasteiger partial charge in [0.1, 0.15) is 0 Å². The lowest BCUT2D eigenvalue weighted by molar-refractivity contribution is 0.0168. The number of carbonyl (C=O) groups is 1. The van der Waals surface area contributed by atoms with E-state index in [1.165, 1.54) is 6.92 Å². The van der Waals surface area contributed by atoms with Crippen LogP contribution in [0.1, 0.15) is 41.6 Å². The summed E-state index contributed by atoms with van der Waals surface area (Å²) in [5.74, 6) is -0.519. The summed E-state index contributed by atoms with van der Waals surface area (Å²) in [6, 6.07) is 7.04. The van der Waals surface area contributed by atoms with Gasteiger partial charge in [-0.2, -0.15) is 0 Å². The Morgan fingerprint density at radius 1 is 1.25 bits per heavy atom. The largest absolute Gasteiger partial charge is 0.295 e. The number of Topliss-reactive ketones (excluding diaryl/α,β-unsaturated/α-hetero) is 1. The lowest BCUT2D eigenvalue weighted by Gasteiger charge is -2.36. The van der Waals surface area contributed by atoms with Crippen LogP contribution in [0.5, 0.6) is 0 Å². The van der Waals surface area contributed by atoms with Gasteiger partial charge < -0.3 is 0 Å². The summed E-state index contributed by atoms with van der Waals surface area (Å²) in [6.45, 7) is 1.50. The summed E-state index contributed by atoms with van der Waals surface area (Å²) in [5, 5.41) is 0. The Hall–Kier alpha value is -1.25. The minimum Gasteiger partial charge on any atom is -0.295 e. The third-order valence-corrected chi connectivity index (χ3v) is 3.40. The van der Waals surface area contributed by atoms with Gasteiger partial charge >= 0.3 is 0 Å². The first-order valence-corrected chi connectivity index (χ1v) is 5.48. The maximum absolute atomic E-state index is 12.6. The van der Waals surface area contributed by atoms with Crippen molar-refractivity contribution in [2.75, 3.05) is 0 Å². The second kappa shape index (κ2) is 4.32. The molecule has 16 heavy (non-hydrogen) atoms. The highest BCUT2D eigenvalue weighted by Gasteiger charge is 2.38. The highest BCUT2D eigenvalue weighted by molar-refractivity contribution is 5.94. The average molecular weight is 224 g/mol. The topological polar surface area (TPSA) is 17.1 Å². The molecular formula is C13H14F2O. The van der Waals surface area contributed by atoms with Crippen LogP contribution in [0.2, 0.25) is 0 Å². The molecule has 0 heterocycles. The Kier molecular flexibility index (Phi) is 3.03. The number of rotatable bonds is 3. The molecule has 1 fully saturated rings. The summed E-state index contributed by atoms with van der Waals surface area (Å²) in [7, 11) is 0. The molecule has 2 rings (SSSR count). The van der Waals surface area contributed by atoms with Crippen molar-refractivity contribution in [1.82, 2.24) is 0 Å². The van der Waals surface area contributed by atoms with Crippen molar-refractivity contribution in [2.24, 2.45) is 5.92 Å². The third-order valence-electron chi connectivity index (χ3n) is 3.40. The molecule has 0 bridgehead atoms. The molecule has 0 N–H and O–H groups in total. The molecule has 0 radical (unpaired) electrons. The zero-order valence-electron chi connectivity index (χ0n) is 9.12. The van der Waals surface area contributed by atoms with Gasteiger partial charge in [-0.25, -0.2) is 8.78 Å². The van der Waals surface area contributed by atoms with Gasteiger partial charge in [0.05, 0.1) is 0 Å². The lowest BCUT2D eigenvalue weighted by atomic mass is 9.70. The first-order chi connectivity index (χ1) is 7.59. The number of carbonyl (C=O) groups excluding carboxylic acids is 1. The molecule has 0 aliphatic heterocycles. The van der Waals surface area contributed by atoms with E-state index in [1.54, 1.807) is 24.3 Å². The van der Waals surface area contributed by atoms with Crippen molar-refractivity contribution in [3.05, 3.63) is 35.4 Å². The number of hydrogen-bond donors (Lipinski definition) is 0. The Balaban J connectivity index is 2.13. The van der Waals surface area contributed by atoms with Gasteiger partial charge in [-0.15, -0.1) is 0 Å². The van der Waals surface area contributed by atoms with Crippen LogP contribution in [0.3, 0.4) is 0 Å². The number of alkyl halides is 2. The van der Waals surface area contributed by atoms with E-state index >= 15 is 0 Å². The molecule has 3 heteroatoms. The Labute approximate surface area is 93.5 Å². The van der Waals surface area contributed by atoms with Gasteiger partial charge in [0.15, 0.2) is 5.78 Å². The van der Waals surface area contributed by atoms with Crippen molar-refractivity contribution in [2.45, 2.75) is 32.1 Å². The van der Waals surface area contributed by atoms with Gasteiger partial charge in [-0.05, 0) is 31.2 Å². The van der Waals surface area contributed by atoms with Gasteiger partial charge in [-0.1, -0.05) is 24.3 Å². The minimum absolute atomic E-state index is 0.00516. The molecule has 1 saturated carbocycles. The molecule has 86 valence electrons. The fourth-order valence-corrected chi connectivity index (χ4v) is 2.21. The van der Waals surface area contributed by atoms with Gasteiger partial charge in [0.25, 0.3) is 0 Å². The quantitative estimate of drug-likeness (QED) is 0.716. The fraction of sp³-hybridized carbons (Fsp3) is 0.462. The molecule has 1 aromatic carbocycles. The fourth-order valence-electron chi connectivity index (χ4n) is 2.21. The van der Waals surface area contributed by atoms with Crippen molar-refractivity contribution in [1.29, 1.82) is 0 Å². The van der Waals surface area contributed by atoms with E-state index in [-0.39, 0.29) is 11.7 Å². The molecule has 0 saturated heterocycles. The van der Waals surface area contributed by atoms with Crippen molar-refractivity contribution >= 4 is 5.78 Å². The maximum Gasteiger partial charge on any atom is 0.242 e. The van der Waals surface area contributed by atoms with Crippen molar-refractivity contribution in [3.63, 3.8) is 0 Å². The number of hydrogen-bond acceptors (Lipinski definition) is 1. The molecule has 2 unspecified atom stereocenters. The number of halogens is 2. The van der Waals surface area contributed by atoms with E-state index in [2.05, 4.69) is 0 Å². The minimum atomic E-state index is -2.23. The molecule has 1 aromatic rings. The summed E-state index contributed by atoms with van der Waals surface area (Å²) in [6.07, 6.45) is -0.795. The van der Waals surface area contributed by atoms with Crippen LogP contribution in [0, 0.1) is 5.92 Å². The Morgan fingerprint density at radius 3 is 2.25 bits per heavy atom. The molecule has 1 aliphatic carbocycles. The Bertz CT molecular complexity index is 383. The molecule has 0 amide bonds. The smallest absolute Gasteiger partial charge is 0.242 e. The molecule has 1 aliphatic rings. The van der Waals surface area contributed by atoms with E-state index in [4.69, 9.17) is 0 Å². The summed E-state index contributed by atoms with van der Waals surface area (Å²) >= 11 is 0. The predicted octanol–water partition coefficient (Wildman–Crippen LogP) is 3.65. The highest BCUT2D eigenvalue weighted by atomic mass is 19.3. The highest BCUT2D eigenvalue weighted by Crippen LogP contribution is 2.45. The zero-order valence-corrected chi connectivity index (χ0v) is 9.12. The normalized spacial score (nSPS) is 24.2. The number of benzene rings is 1. The summed E-state index contributed by atoms with van der Waals surface area (Å²) in [4.78, 5) is 11.1. The van der Waals surface area contributed by atoms with Crippen LogP contribution in [0.25, 0.3) is 0 Å². The molecule has 2 atom stereocenters. The number of ketones is 1. The summed E-state index contributed by atoms with van der Waals surface area (Å²) < 4.78 is 25.1. The van der Waals surface area contributed by atoms with Gasteiger partial charge in [-0.3, -0.25) is 4.79 Å². The van der Waals surface area contributed by atoms with Crippen LogP contribution < -0.4 is 0 Å². The van der Waals surface area contributed by atoms with E-state index < -0.39 is 12.3 Å². The second-order valence-electron chi connectivity index (χ2n) is 4.36. The molecule has 0 aromatic heterocycles. The van der Waals surface area contributed by atoms with E-state index in [9.17, 15) is 13.6 Å². The standard InChI is InChI=1S/C13H14F2O/c1-8(16)9-2-4-10(5-3-9)11-6-7-12(11)13(14)15/h2-5,11-13H,6-7H2,1H3. The van der Waals surface area contributed by atoms with Crippen LogP contribution in [0.4, 0.5) is 8.78 Å². The average Bonchev–Trinajstić information content (AvgIpc) is 2.15. The third kappa shape index (κ3) is 1.99. The van der Waals surface area contributed by atoms with E-state index in [1.807, 2.05) is 0 Å². The van der Waals surface area contributed by atoms with Crippen LogP contribution >= 0.6 is 0 Å². The first-order valence-electron chi connectivity index (χ1n) is 5.48. The monoisotopic (exact) mass is 224 g/mol. The van der Waals surface area contributed by atoms with E-state index in [0.29, 0.717) is 12.0 Å². The molecular weight excluding hydrogens is 210 g/mol. The van der Waals surface area contributed by atoms with Crippen LogP contribution in [-0.4, -0.2) is 12.2 Å². The molecule has 0 spiro atoms. The van der Waals surface area contributed by atoms with Gasteiger partial charge in [0, 0.05) is 11.5 Å². The van der Waals surface area contributed by atoms with Crippen LogP contribution in [0.15, 0.2) is 24.3 Å². The first kappa shape index (κ1) is 11.2. The SMILES string of the molecule is CC(=O)c1ccc(C2CCC2C(F)F)cc1. The summed E-state index contributed by atoms with van der Waals surface area (Å²) in [5.41, 5.74) is 1.57. The van der Waals surface area contributed by atoms with E-state index in [0.717, 1.165) is 12.0 Å². The Morgan fingerprint density at radius 2 is 1.88 bits per heavy atom. The van der Waals surface area contributed by atoms with Crippen molar-refractivity contribution in [3.8, 4) is 0 Å². The second-order valence-corrected chi connectivity index (χ2v) is 4.36. The zero-order chi connectivity index (χ0) is 11.7. The van der Waals surface area contributed by atoms with Crippen molar-refractivity contribution < 1.29 is 13.6 Å². The molecule has 1 nitrogen and oxygen atoms in total. The predicted molar refractivity (Wildman–Crippen MR) is 57.9 cm³/mol. The van der Waals surface area contributed by atoms with Crippen LogP contribution in [-0.2, 0) is 0 Å².